The molecule has 5 atom stereocenters. The second kappa shape index (κ2) is 6.65. The molecule has 3 unspecified atom stereocenters. The van der Waals surface area contributed by atoms with Crippen LogP contribution in [0.15, 0.2) is 110 Å². The number of benzene rings is 4. The fourth-order valence-corrected chi connectivity index (χ4v) is 12.6. The van der Waals surface area contributed by atoms with Crippen LogP contribution in [0.2, 0.25) is 0 Å². The van der Waals surface area contributed by atoms with Gasteiger partial charge in [-0.2, -0.15) is 0 Å². The Labute approximate surface area is 235 Å². The first kappa shape index (κ1) is 20.8. The summed E-state index contributed by atoms with van der Waals surface area (Å²) in [5.41, 5.74) is 11.1. The predicted octanol–water partition coefficient (Wildman–Crippen LogP) is 5.78. The topological polar surface area (TPSA) is 13.0 Å². The molecule has 4 aromatic carbocycles. The molecule has 4 nitrogen and oxygen atoms in total. The minimum atomic E-state index is -0.651. The maximum absolute atomic E-state index is 2.74. The lowest BCUT2D eigenvalue weighted by Gasteiger charge is -2.46. The van der Waals surface area contributed by atoms with Gasteiger partial charge in [-0.05, 0) is 58.9 Å². The predicted molar refractivity (Wildman–Crippen MR) is 162 cm³/mol. The molecule has 5 aliphatic heterocycles. The van der Waals surface area contributed by atoms with E-state index in [1.165, 1.54) is 51.2 Å². The number of anilines is 2. The molecular formula is C35H27N4P. The van der Waals surface area contributed by atoms with Gasteiger partial charge in [-0.3, -0.25) is 0 Å². The van der Waals surface area contributed by atoms with E-state index in [0.717, 1.165) is 0 Å². The van der Waals surface area contributed by atoms with E-state index in [9.17, 15) is 0 Å². The molecule has 5 heteroatoms. The van der Waals surface area contributed by atoms with Gasteiger partial charge in [0.05, 0.1) is 28.9 Å². The number of rotatable bonds is 0. The van der Waals surface area contributed by atoms with Gasteiger partial charge in [-0.25, -0.2) is 0 Å². The van der Waals surface area contributed by atoms with Gasteiger partial charge in [-0.15, -0.1) is 0 Å². The Kier molecular flexibility index (Phi) is 3.46. The van der Waals surface area contributed by atoms with E-state index in [1.54, 1.807) is 10.6 Å². The summed E-state index contributed by atoms with van der Waals surface area (Å²) in [6.45, 7) is 2.39. The Morgan fingerprint density at radius 1 is 0.600 bits per heavy atom. The van der Waals surface area contributed by atoms with Crippen LogP contribution in [0.25, 0.3) is 11.1 Å². The normalized spacial score (nSPS) is 29.1. The van der Waals surface area contributed by atoms with Crippen LogP contribution in [0.5, 0.6) is 0 Å². The van der Waals surface area contributed by atoms with E-state index < -0.39 is 7.92 Å². The van der Waals surface area contributed by atoms with Crippen molar-refractivity contribution >= 4 is 29.9 Å². The van der Waals surface area contributed by atoms with E-state index in [1.807, 2.05) is 0 Å². The molecule has 40 heavy (non-hydrogen) atoms. The first-order chi connectivity index (χ1) is 19.8. The molecule has 0 saturated heterocycles. The van der Waals surface area contributed by atoms with Gasteiger partial charge in [0.2, 0.25) is 0 Å². The summed E-state index contributed by atoms with van der Waals surface area (Å²) < 4.78 is 0. The van der Waals surface area contributed by atoms with Crippen molar-refractivity contribution in [3.8, 4) is 11.1 Å². The average molecular weight is 535 g/mol. The highest BCUT2D eigenvalue weighted by Crippen LogP contribution is 2.67. The van der Waals surface area contributed by atoms with Gasteiger partial charge < -0.3 is 19.6 Å². The second-order valence-electron chi connectivity index (χ2n) is 12.2. The smallest absolute Gasteiger partial charge is 0.133 e. The molecule has 7 aliphatic rings. The van der Waals surface area contributed by atoms with Gasteiger partial charge in [-0.1, -0.05) is 72.8 Å². The summed E-state index contributed by atoms with van der Waals surface area (Å²) in [6, 6.07) is 33.9. The van der Waals surface area contributed by atoms with Gasteiger partial charge in [0.15, 0.2) is 0 Å². The Bertz CT molecular complexity index is 1850. The van der Waals surface area contributed by atoms with Crippen LogP contribution in [0.1, 0.15) is 35.6 Å². The van der Waals surface area contributed by atoms with Crippen LogP contribution in [0.3, 0.4) is 0 Å². The van der Waals surface area contributed by atoms with Gasteiger partial charge in [0, 0.05) is 43.3 Å². The summed E-state index contributed by atoms with van der Waals surface area (Å²) >= 11 is 0. The number of hydrogen-bond donors (Lipinski definition) is 0. The van der Waals surface area contributed by atoms with Crippen molar-refractivity contribution in [1.29, 1.82) is 0 Å². The highest BCUT2D eigenvalue weighted by atomic mass is 31.1. The van der Waals surface area contributed by atoms with Crippen molar-refractivity contribution in [2.45, 2.75) is 42.9 Å². The van der Waals surface area contributed by atoms with Crippen LogP contribution >= 0.6 is 7.92 Å². The summed E-state index contributed by atoms with van der Waals surface area (Å²) in [5, 5.41) is 3.16. The van der Waals surface area contributed by atoms with Crippen LogP contribution in [-0.2, 0) is 5.41 Å². The van der Waals surface area contributed by atoms with Crippen molar-refractivity contribution in [3.05, 3.63) is 132 Å². The molecule has 1 saturated carbocycles. The molecule has 4 aromatic rings. The lowest BCUT2D eigenvalue weighted by molar-refractivity contribution is 0.260. The van der Waals surface area contributed by atoms with Crippen molar-refractivity contribution in [2.24, 2.45) is 0 Å². The maximum Gasteiger partial charge on any atom is 0.133 e. The molecule has 2 bridgehead atoms. The van der Waals surface area contributed by atoms with E-state index >= 15 is 0 Å². The minimum absolute atomic E-state index is 0.314. The third kappa shape index (κ3) is 2.06. The largest absolute Gasteiger partial charge is 0.351 e. The Morgan fingerprint density at radius 3 is 1.85 bits per heavy atom. The first-order valence-electron chi connectivity index (χ1n) is 14.5. The van der Waals surface area contributed by atoms with E-state index in [4.69, 9.17) is 0 Å². The maximum atomic E-state index is 2.74. The molecule has 0 amide bonds. The molecule has 0 aromatic heterocycles. The van der Waals surface area contributed by atoms with E-state index in [0.29, 0.717) is 24.2 Å². The highest BCUT2D eigenvalue weighted by Gasteiger charge is 2.61. The summed E-state index contributed by atoms with van der Waals surface area (Å²) in [7, 11) is -0.651. The molecule has 5 heterocycles. The molecule has 0 N–H and O–H groups in total. The summed E-state index contributed by atoms with van der Waals surface area (Å²) in [5.74, 6) is 0.348. The van der Waals surface area contributed by atoms with Crippen LogP contribution in [-0.4, -0.2) is 34.0 Å². The van der Waals surface area contributed by atoms with Crippen LogP contribution in [0, 0.1) is 0 Å². The molecule has 1 spiro atoms. The Balaban J connectivity index is 1.33. The van der Waals surface area contributed by atoms with Gasteiger partial charge in [0.25, 0.3) is 0 Å². The van der Waals surface area contributed by atoms with Crippen molar-refractivity contribution in [2.75, 3.05) is 9.80 Å². The number of fused-ring (bicyclic) bond motifs is 14. The van der Waals surface area contributed by atoms with Crippen LogP contribution in [0.4, 0.5) is 11.4 Å². The first-order valence-corrected chi connectivity index (χ1v) is 15.9. The number of nitrogens with zero attached hydrogens (tertiary/aromatic N) is 4. The Hall–Kier alpha value is -4.01. The number of hydrogen-bond acceptors (Lipinski definition) is 4. The SMILES string of the molecule is C[C@H]1N2C=CN1C1CC1N1C=CN3c4cccc5c4P(c4c2cccc4C52c4ccccc4-c4ccccc42)[C@H]31. The third-order valence-corrected chi connectivity index (χ3v) is 13.6. The zero-order chi connectivity index (χ0) is 25.9. The van der Waals surface area contributed by atoms with Crippen molar-refractivity contribution in [1.82, 2.24) is 9.80 Å². The lowest BCUT2D eigenvalue weighted by atomic mass is 9.67. The monoisotopic (exact) mass is 534 g/mol. The molecule has 1 fully saturated rings. The quantitative estimate of drug-likeness (QED) is 0.234. The molecule has 0 radical (unpaired) electrons. The second-order valence-corrected chi connectivity index (χ2v) is 14.3. The zero-order valence-corrected chi connectivity index (χ0v) is 23.0. The van der Waals surface area contributed by atoms with E-state index in [2.05, 4.69) is 136 Å². The van der Waals surface area contributed by atoms with Crippen LogP contribution < -0.4 is 20.4 Å². The van der Waals surface area contributed by atoms with E-state index in [-0.39, 0.29) is 5.41 Å². The molecule has 192 valence electrons. The van der Waals surface area contributed by atoms with Crippen molar-refractivity contribution < 1.29 is 0 Å². The molecule has 11 rings (SSSR count). The zero-order valence-electron chi connectivity index (χ0n) is 22.1. The highest BCUT2D eigenvalue weighted by molar-refractivity contribution is 7.75. The fraction of sp³-hybridized carbons (Fsp3) is 0.200. The minimum Gasteiger partial charge on any atom is -0.351 e. The standard InChI is InChI=1S/C35H27N4P/c1-21-36-16-17-37(21)30-20-31(30)39-19-18-38-29-15-7-13-27-33(29)40(34(38)39)32-26(12-6-14-28(32)36)35(27)24-10-4-2-8-22(24)23-9-3-5-11-25(23)35/h2-19,21,30-31,34H,20H2,1H3/t21-,30?,31?,34+,40?/m0/s1. The van der Waals surface area contributed by atoms with Gasteiger partial charge >= 0.3 is 0 Å². The Morgan fingerprint density at radius 2 is 1.15 bits per heavy atom. The summed E-state index contributed by atoms with van der Waals surface area (Å²) in [6.07, 6.45) is 11.1. The van der Waals surface area contributed by atoms with Crippen molar-refractivity contribution in [3.63, 3.8) is 0 Å². The lowest BCUT2D eigenvalue weighted by Crippen LogP contribution is -2.49. The average Bonchev–Trinajstić information content (AvgIpc) is 3.26. The summed E-state index contributed by atoms with van der Waals surface area (Å²) in [4.78, 5) is 10.5. The molecule has 2 aliphatic carbocycles. The fourth-order valence-electron chi connectivity index (χ4n) is 9.11. The molecular weight excluding hydrogens is 507 g/mol. The third-order valence-electron chi connectivity index (χ3n) is 10.7. The van der Waals surface area contributed by atoms with Gasteiger partial charge in [0.1, 0.15) is 12.1 Å².